The fourth-order valence-corrected chi connectivity index (χ4v) is 3.93. The number of aliphatic hydroxyl groups excluding tert-OH is 1. The first kappa shape index (κ1) is 16.8. The maximum Gasteiger partial charge on any atom is 0.259 e. The van der Waals surface area contributed by atoms with Crippen LogP contribution < -0.4 is 9.64 Å². The number of fused-ring (bicyclic) bond motifs is 1. The number of hydrogen-bond acceptors (Lipinski definition) is 3. The van der Waals surface area contributed by atoms with Crippen LogP contribution in [0.1, 0.15) is 10.4 Å². The minimum atomic E-state index is -0.799. The summed E-state index contributed by atoms with van der Waals surface area (Å²) in [6.07, 6.45) is -0.799. The number of anilines is 1. The number of carbonyl (C=O) groups is 1. The van der Waals surface area contributed by atoms with Gasteiger partial charge in [-0.25, -0.2) is 0 Å². The van der Waals surface area contributed by atoms with Gasteiger partial charge in [0.15, 0.2) is 0 Å². The van der Waals surface area contributed by atoms with Gasteiger partial charge in [0.25, 0.3) is 5.91 Å². The summed E-state index contributed by atoms with van der Waals surface area (Å²) >= 11 is 0. The van der Waals surface area contributed by atoms with Crippen molar-refractivity contribution < 1.29 is 14.6 Å². The Bertz CT molecular complexity index is 1190. The highest BCUT2D eigenvalue weighted by molar-refractivity contribution is 6.25. The molecule has 1 aliphatic heterocycles. The van der Waals surface area contributed by atoms with Gasteiger partial charge < -0.3 is 14.7 Å². The summed E-state index contributed by atoms with van der Waals surface area (Å²) in [7, 11) is 0. The van der Waals surface area contributed by atoms with Crippen LogP contribution in [-0.4, -0.2) is 30.3 Å². The Hall–Kier alpha value is -3.37. The van der Waals surface area contributed by atoms with E-state index in [1.54, 1.807) is 4.90 Å². The summed E-state index contributed by atoms with van der Waals surface area (Å²) < 4.78 is 5.89. The van der Waals surface area contributed by atoms with Gasteiger partial charge in [0.2, 0.25) is 0 Å². The third-order valence-corrected chi connectivity index (χ3v) is 5.22. The number of carbonyl (C=O) groups excluding carboxylic acids is 1. The topological polar surface area (TPSA) is 49.8 Å². The van der Waals surface area contributed by atoms with Crippen LogP contribution in [0.5, 0.6) is 5.75 Å². The molecule has 1 unspecified atom stereocenters. The first-order chi connectivity index (χ1) is 13.7. The first-order valence-corrected chi connectivity index (χ1v) is 9.34. The van der Waals surface area contributed by atoms with Crippen LogP contribution in [0.25, 0.3) is 21.5 Å². The van der Waals surface area contributed by atoms with Crippen molar-refractivity contribution in [3.63, 3.8) is 0 Å². The zero-order valence-corrected chi connectivity index (χ0v) is 15.2. The minimum absolute atomic E-state index is 0.0731. The maximum absolute atomic E-state index is 12.8. The number of hydrogen-bond donors (Lipinski definition) is 1. The molecule has 0 aliphatic carbocycles. The third kappa shape index (κ3) is 2.70. The van der Waals surface area contributed by atoms with Crippen LogP contribution in [-0.2, 0) is 0 Å². The number of ether oxygens (including phenoxy) is 1. The predicted molar refractivity (Wildman–Crippen MR) is 111 cm³/mol. The Labute approximate surface area is 162 Å². The smallest absolute Gasteiger partial charge is 0.259 e. The van der Waals surface area contributed by atoms with Crippen LogP contribution in [0.2, 0.25) is 0 Å². The number of β-amino-alcohol motifs (C(OH)–C–C–N with tert-alkyl or cyclic N) is 1. The molecule has 1 aliphatic rings. The molecule has 0 radical (unpaired) electrons. The van der Waals surface area contributed by atoms with Gasteiger partial charge >= 0.3 is 0 Å². The average molecular weight is 369 g/mol. The molecule has 1 atom stereocenters. The van der Waals surface area contributed by atoms with Crippen molar-refractivity contribution in [3.05, 3.63) is 84.4 Å². The van der Waals surface area contributed by atoms with E-state index in [9.17, 15) is 9.90 Å². The summed E-state index contributed by atoms with van der Waals surface area (Å²) in [4.78, 5) is 14.5. The molecule has 1 heterocycles. The van der Waals surface area contributed by atoms with Crippen LogP contribution in [0.4, 0.5) is 5.69 Å². The van der Waals surface area contributed by atoms with Crippen LogP contribution in [0.15, 0.2) is 78.9 Å². The lowest BCUT2D eigenvalue weighted by atomic mass is 10.1. The van der Waals surface area contributed by atoms with E-state index >= 15 is 0 Å². The van der Waals surface area contributed by atoms with Crippen LogP contribution in [0.3, 0.4) is 0 Å². The summed E-state index contributed by atoms with van der Waals surface area (Å²) in [6, 6.07) is 25.4. The molecule has 0 saturated heterocycles. The number of nitrogens with zero attached hydrogens (tertiary/aromatic N) is 1. The van der Waals surface area contributed by atoms with E-state index in [0.29, 0.717) is 5.56 Å². The molecule has 1 N–H and O–H groups in total. The highest BCUT2D eigenvalue weighted by Crippen LogP contribution is 2.37. The molecule has 4 heteroatoms. The molecule has 0 aromatic heterocycles. The van der Waals surface area contributed by atoms with E-state index in [-0.39, 0.29) is 19.1 Å². The van der Waals surface area contributed by atoms with Gasteiger partial charge in [-0.3, -0.25) is 4.79 Å². The monoisotopic (exact) mass is 369 g/mol. The van der Waals surface area contributed by atoms with E-state index in [0.717, 1.165) is 33.0 Å². The van der Waals surface area contributed by atoms with Crippen molar-refractivity contribution >= 4 is 33.1 Å². The highest BCUT2D eigenvalue weighted by atomic mass is 16.5. The minimum Gasteiger partial charge on any atom is -0.490 e. The maximum atomic E-state index is 12.8. The standard InChI is InChI=1S/C24H19NO3/c26-18(15-28-22-13-5-7-16-6-1-2-10-19(16)22)14-25-21-12-4-9-17-8-3-11-20(23(17)21)24(25)27/h1-13,18,26H,14-15H2. The Morgan fingerprint density at radius 2 is 1.57 bits per heavy atom. The Balaban J connectivity index is 1.35. The molecule has 0 bridgehead atoms. The lowest BCUT2D eigenvalue weighted by Crippen LogP contribution is -2.37. The van der Waals surface area contributed by atoms with Crippen LogP contribution in [0, 0.1) is 0 Å². The lowest BCUT2D eigenvalue weighted by Gasteiger charge is -2.22. The summed E-state index contributed by atoms with van der Waals surface area (Å²) in [6.45, 7) is 0.307. The quantitative estimate of drug-likeness (QED) is 0.567. The lowest BCUT2D eigenvalue weighted by molar-refractivity contribution is 0.0915. The molecule has 1 amide bonds. The first-order valence-electron chi connectivity index (χ1n) is 9.34. The summed E-state index contributed by atoms with van der Waals surface area (Å²) in [5, 5.41) is 14.7. The fourth-order valence-electron chi connectivity index (χ4n) is 3.93. The van der Waals surface area contributed by atoms with Crippen molar-refractivity contribution in [3.8, 4) is 5.75 Å². The van der Waals surface area contributed by atoms with Crippen molar-refractivity contribution in [2.45, 2.75) is 6.10 Å². The number of benzene rings is 4. The van der Waals surface area contributed by atoms with Crippen molar-refractivity contribution in [1.82, 2.24) is 0 Å². The molecular formula is C24H19NO3. The second-order valence-electron chi connectivity index (χ2n) is 7.04. The van der Waals surface area contributed by atoms with E-state index in [2.05, 4.69) is 0 Å². The van der Waals surface area contributed by atoms with E-state index in [1.165, 1.54) is 0 Å². The number of amides is 1. The van der Waals surface area contributed by atoms with E-state index < -0.39 is 6.10 Å². The zero-order valence-electron chi connectivity index (χ0n) is 15.2. The number of aliphatic hydroxyl groups is 1. The van der Waals surface area contributed by atoms with Crippen molar-refractivity contribution in [1.29, 1.82) is 0 Å². The SMILES string of the molecule is O=C1c2cccc3cccc(c23)N1CC(O)COc1cccc2ccccc12. The van der Waals surface area contributed by atoms with Gasteiger partial charge in [0.05, 0.1) is 12.2 Å². The van der Waals surface area contributed by atoms with Gasteiger partial charge in [-0.05, 0) is 29.0 Å². The molecule has 0 spiro atoms. The van der Waals surface area contributed by atoms with Gasteiger partial charge in [-0.2, -0.15) is 0 Å². The molecule has 4 aromatic carbocycles. The van der Waals surface area contributed by atoms with Crippen molar-refractivity contribution in [2.24, 2.45) is 0 Å². The van der Waals surface area contributed by atoms with Gasteiger partial charge in [-0.1, -0.05) is 60.7 Å². The van der Waals surface area contributed by atoms with Crippen LogP contribution >= 0.6 is 0 Å². The van der Waals surface area contributed by atoms with Gasteiger partial charge in [-0.15, -0.1) is 0 Å². The summed E-state index contributed by atoms with van der Waals surface area (Å²) in [5.41, 5.74) is 1.54. The normalized spacial score (nSPS) is 14.0. The molecule has 0 saturated carbocycles. The Morgan fingerprint density at radius 3 is 2.46 bits per heavy atom. The van der Waals surface area contributed by atoms with Crippen molar-refractivity contribution in [2.75, 3.05) is 18.1 Å². The predicted octanol–water partition coefficient (Wildman–Crippen LogP) is 4.39. The molecular weight excluding hydrogens is 350 g/mol. The molecule has 28 heavy (non-hydrogen) atoms. The molecule has 4 aromatic rings. The van der Waals surface area contributed by atoms with E-state index in [4.69, 9.17) is 4.74 Å². The molecule has 0 fully saturated rings. The Kier molecular flexibility index (Phi) is 3.99. The highest BCUT2D eigenvalue weighted by Gasteiger charge is 2.30. The Morgan fingerprint density at radius 1 is 0.857 bits per heavy atom. The summed E-state index contributed by atoms with van der Waals surface area (Å²) in [5.74, 6) is 0.659. The van der Waals surface area contributed by atoms with Gasteiger partial charge in [0, 0.05) is 16.3 Å². The second kappa shape index (κ2) is 6.66. The zero-order chi connectivity index (χ0) is 19.1. The fraction of sp³-hybridized carbons (Fsp3) is 0.125. The largest absolute Gasteiger partial charge is 0.490 e. The third-order valence-electron chi connectivity index (χ3n) is 5.22. The van der Waals surface area contributed by atoms with E-state index in [1.807, 2.05) is 78.9 Å². The second-order valence-corrected chi connectivity index (χ2v) is 7.04. The molecule has 5 rings (SSSR count). The molecule has 138 valence electrons. The number of rotatable bonds is 5. The molecule has 4 nitrogen and oxygen atoms in total. The van der Waals surface area contributed by atoms with Gasteiger partial charge in [0.1, 0.15) is 18.5 Å². The average Bonchev–Trinajstić information content (AvgIpc) is 3.00.